The molecule has 0 aliphatic heterocycles. The Kier molecular flexibility index (Phi) is 3.56. The summed E-state index contributed by atoms with van der Waals surface area (Å²) in [6.07, 6.45) is 2.15. The zero-order valence-electron chi connectivity index (χ0n) is 10.1. The van der Waals surface area contributed by atoms with Crippen LogP contribution in [-0.4, -0.2) is 26.0 Å². The van der Waals surface area contributed by atoms with Gasteiger partial charge in [-0.2, -0.15) is 0 Å². The molecular weight excluding hydrogens is 254 g/mol. The Morgan fingerprint density at radius 2 is 2.39 bits per heavy atom. The van der Waals surface area contributed by atoms with Crippen LogP contribution in [0.25, 0.3) is 0 Å². The normalized spacial score (nSPS) is 10.6. The van der Waals surface area contributed by atoms with Gasteiger partial charge in [-0.25, -0.2) is 4.98 Å². The first-order valence-corrected chi connectivity index (χ1v) is 6.26. The number of aryl methyl sites for hydroxylation is 2. The van der Waals surface area contributed by atoms with E-state index in [0.29, 0.717) is 12.4 Å². The number of imidazole rings is 1. The highest BCUT2D eigenvalue weighted by Gasteiger charge is 2.19. The molecule has 0 radical (unpaired) electrons. The molecule has 2 aromatic heterocycles. The van der Waals surface area contributed by atoms with Crippen molar-refractivity contribution in [3.05, 3.63) is 32.5 Å². The lowest BCUT2D eigenvalue weighted by Crippen LogP contribution is -2.09. The van der Waals surface area contributed by atoms with Crippen LogP contribution in [0.2, 0.25) is 0 Å². The molecule has 0 fully saturated rings. The molecule has 0 saturated carbocycles. The van der Waals surface area contributed by atoms with Crippen LogP contribution in [0.4, 0.5) is 11.6 Å². The fourth-order valence-corrected chi connectivity index (χ4v) is 2.23. The van der Waals surface area contributed by atoms with Crippen molar-refractivity contribution in [2.24, 2.45) is 7.05 Å². The number of rotatable bonds is 5. The summed E-state index contributed by atoms with van der Waals surface area (Å²) in [7, 11) is 1.72. The van der Waals surface area contributed by atoms with Gasteiger partial charge in [0, 0.05) is 25.4 Å². The van der Waals surface area contributed by atoms with E-state index in [0.717, 1.165) is 17.1 Å². The largest absolute Gasteiger partial charge is 0.406 e. The van der Waals surface area contributed by atoms with Crippen LogP contribution >= 0.6 is 11.3 Å². The van der Waals surface area contributed by atoms with Gasteiger partial charge in [0.15, 0.2) is 0 Å². The molecule has 0 bridgehead atoms. The van der Waals surface area contributed by atoms with Crippen LogP contribution in [0.1, 0.15) is 10.7 Å². The standard InChI is InChI=1S/C10H13N5O2S/c1-7-13-8(5-18-7)3-4-11-9-10(15(16)17)12-6-14(9)2/h5-6,11H,3-4H2,1-2H3. The molecule has 0 spiro atoms. The minimum Gasteiger partial charge on any atom is -0.364 e. The van der Waals surface area contributed by atoms with E-state index >= 15 is 0 Å². The van der Waals surface area contributed by atoms with Gasteiger partial charge in [0.1, 0.15) is 0 Å². The minimum atomic E-state index is -0.491. The zero-order chi connectivity index (χ0) is 13.1. The van der Waals surface area contributed by atoms with Gasteiger partial charge in [-0.15, -0.1) is 11.3 Å². The molecule has 0 atom stereocenters. The predicted molar refractivity (Wildman–Crippen MR) is 68.9 cm³/mol. The third kappa shape index (κ3) is 2.65. The van der Waals surface area contributed by atoms with E-state index in [4.69, 9.17) is 0 Å². The summed E-state index contributed by atoms with van der Waals surface area (Å²) in [6.45, 7) is 2.54. The van der Waals surface area contributed by atoms with Crippen molar-refractivity contribution in [2.75, 3.05) is 11.9 Å². The van der Waals surface area contributed by atoms with Crippen molar-refractivity contribution in [1.82, 2.24) is 14.5 Å². The summed E-state index contributed by atoms with van der Waals surface area (Å²) < 4.78 is 1.60. The highest BCUT2D eigenvalue weighted by atomic mass is 32.1. The smallest absolute Gasteiger partial charge is 0.364 e. The second-order valence-corrected chi connectivity index (χ2v) is 4.88. The monoisotopic (exact) mass is 267 g/mol. The maximum Gasteiger partial charge on any atom is 0.406 e. The quantitative estimate of drug-likeness (QED) is 0.658. The van der Waals surface area contributed by atoms with Crippen LogP contribution < -0.4 is 5.32 Å². The number of nitrogens with zero attached hydrogens (tertiary/aromatic N) is 4. The first-order chi connectivity index (χ1) is 8.58. The molecular formula is C10H13N5O2S. The number of thiazole rings is 1. The summed E-state index contributed by atoms with van der Waals surface area (Å²) in [4.78, 5) is 18.3. The van der Waals surface area contributed by atoms with Gasteiger partial charge in [0.2, 0.25) is 12.1 Å². The van der Waals surface area contributed by atoms with Gasteiger partial charge in [-0.1, -0.05) is 0 Å². The highest BCUT2D eigenvalue weighted by molar-refractivity contribution is 7.09. The Hall–Kier alpha value is -1.96. The van der Waals surface area contributed by atoms with Gasteiger partial charge in [0.05, 0.1) is 10.7 Å². The molecule has 2 aromatic rings. The lowest BCUT2D eigenvalue weighted by atomic mass is 10.3. The molecule has 1 N–H and O–H groups in total. The van der Waals surface area contributed by atoms with Crippen LogP contribution in [0.5, 0.6) is 0 Å². The van der Waals surface area contributed by atoms with Crippen molar-refractivity contribution >= 4 is 23.0 Å². The van der Waals surface area contributed by atoms with E-state index < -0.39 is 4.92 Å². The predicted octanol–water partition coefficient (Wildman–Crippen LogP) is 1.75. The molecule has 0 aliphatic rings. The van der Waals surface area contributed by atoms with Crippen LogP contribution in [0, 0.1) is 17.0 Å². The molecule has 0 aromatic carbocycles. The number of nitro groups is 1. The number of hydrogen-bond donors (Lipinski definition) is 1. The summed E-state index contributed by atoms with van der Waals surface area (Å²) in [6, 6.07) is 0. The number of hydrogen-bond acceptors (Lipinski definition) is 6. The Morgan fingerprint density at radius 1 is 1.61 bits per heavy atom. The second-order valence-electron chi connectivity index (χ2n) is 3.82. The van der Waals surface area contributed by atoms with Crippen molar-refractivity contribution in [1.29, 1.82) is 0 Å². The maximum atomic E-state index is 10.8. The molecule has 0 unspecified atom stereocenters. The zero-order valence-corrected chi connectivity index (χ0v) is 10.9. The first kappa shape index (κ1) is 12.5. The molecule has 2 heterocycles. The topological polar surface area (TPSA) is 85.9 Å². The molecule has 0 amide bonds. The van der Waals surface area contributed by atoms with Gasteiger partial charge < -0.3 is 15.4 Å². The van der Waals surface area contributed by atoms with E-state index in [9.17, 15) is 10.1 Å². The first-order valence-electron chi connectivity index (χ1n) is 5.38. The summed E-state index contributed by atoms with van der Waals surface area (Å²) in [5.41, 5.74) is 0.995. The number of nitrogens with one attached hydrogen (secondary N) is 1. The van der Waals surface area contributed by atoms with Crippen molar-refractivity contribution < 1.29 is 4.92 Å². The van der Waals surface area contributed by atoms with Crippen LogP contribution in [0.3, 0.4) is 0 Å². The van der Waals surface area contributed by atoms with Crippen LogP contribution in [-0.2, 0) is 13.5 Å². The van der Waals surface area contributed by atoms with E-state index in [-0.39, 0.29) is 5.82 Å². The lowest BCUT2D eigenvalue weighted by molar-refractivity contribution is -0.388. The molecule has 96 valence electrons. The fourth-order valence-electron chi connectivity index (χ4n) is 1.59. The average molecular weight is 267 g/mol. The Balaban J connectivity index is 1.98. The molecule has 18 heavy (non-hydrogen) atoms. The Bertz CT molecular complexity index is 562. The molecule has 0 saturated heterocycles. The van der Waals surface area contributed by atoms with E-state index in [2.05, 4.69) is 15.3 Å². The maximum absolute atomic E-state index is 10.8. The average Bonchev–Trinajstić information content (AvgIpc) is 2.87. The molecule has 7 nitrogen and oxygen atoms in total. The summed E-state index contributed by atoms with van der Waals surface area (Å²) in [5.74, 6) is 0.277. The van der Waals surface area contributed by atoms with E-state index in [1.54, 1.807) is 23.0 Å². The van der Waals surface area contributed by atoms with Crippen LogP contribution in [0.15, 0.2) is 11.7 Å². The van der Waals surface area contributed by atoms with E-state index in [1.165, 1.54) is 6.33 Å². The van der Waals surface area contributed by atoms with Crippen molar-refractivity contribution in [2.45, 2.75) is 13.3 Å². The summed E-state index contributed by atoms with van der Waals surface area (Å²) in [5, 5.41) is 16.8. The Morgan fingerprint density at radius 3 is 3.00 bits per heavy atom. The van der Waals surface area contributed by atoms with Gasteiger partial charge in [-0.05, 0) is 16.8 Å². The molecule has 2 rings (SSSR count). The SMILES string of the molecule is Cc1nc(CCNc2c([N+](=O)[O-])ncn2C)cs1. The number of anilines is 1. The fraction of sp³-hybridized carbons (Fsp3) is 0.400. The third-order valence-corrected chi connectivity index (χ3v) is 3.25. The Labute approximate surface area is 108 Å². The van der Waals surface area contributed by atoms with E-state index in [1.807, 2.05) is 12.3 Å². The highest BCUT2D eigenvalue weighted by Crippen LogP contribution is 2.20. The number of aromatic nitrogens is 3. The lowest BCUT2D eigenvalue weighted by Gasteiger charge is -2.04. The minimum absolute atomic E-state index is 0.146. The van der Waals surface area contributed by atoms with Gasteiger partial charge in [0.25, 0.3) is 0 Å². The molecule has 8 heteroatoms. The third-order valence-electron chi connectivity index (χ3n) is 2.43. The van der Waals surface area contributed by atoms with Gasteiger partial charge >= 0.3 is 5.82 Å². The van der Waals surface area contributed by atoms with Crippen molar-refractivity contribution in [3.8, 4) is 0 Å². The molecule has 0 aliphatic carbocycles. The summed E-state index contributed by atoms with van der Waals surface area (Å²) >= 11 is 1.60. The second kappa shape index (κ2) is 5.13. The van der Waals surface area contributed by atoms with Gasteiger partial charge in [-0.3, -0.25) is 4.57 Å². The van der Waals surface area contributed by atoms with Crippen molar-refractivity contribution in [3.63, 3.8) is 0 Å².